The minimum atomic E-state index is -0.798. The van der Waals surface area contributed by atoms with E-state index < -0.39 is 12.1 Å². The van der Waals surface area contributed by atoms with E-state index in [1.807, 2.05) is 30.3 Å². The zero-order valence-corrected chi connectivity index (χ0v) is 8.86. The third-order valence-electron chi connectivity index (χ3n) is 2.09. The van der Waals surface area contributed by atoms with Gasteiger partial charge in [0.15, 0.2) is 0 Å². The van der Waals surface area contributed by atoms with Crippen LogP contribution in [0.2, 0.25) is 0 Å². The van der Waals surface area contributed by atoms with E-state index in [1.54, 1.807) is 0 Å². The van der Waals surface area contributed by atoms with Crippen molar-refractivity contribution in [1.29, 1.82) is 5.26 Å². The van der Waals surface area contributed by atoms with E-state index in [-0.39, 0.29) is 0 Å². The zero-order valence-electron chi connectivity index (χ0n) is 8.86. The Balaban J connectivity index is 2.84. The second kappa shape index (κ2) is 5.16. The van der Waals surface area contributed by atoms with E-state index in [2.05, 4.69) is 6.92 Å². The maximum absolute atomic E-state index is 10.7. The van der Waals surface area contributed by atoms with Crippen molar-refractivity contribution in [1.82, 2.24) is 0 Å². The number of ether oxygens (including phenoxy) is 1. The summed E-state index contributed by atoms with van der Waals surface area (Å²) in [4.78, 5) is 10.7. The average Bonchev–Trinajstić information content (AvgIpc) is 2.26. The molecule has 0 heterocycles. The Labute approximate surface area is 89.3 Å². The van der Waals surface area contributed by atoms with Gasteiger partial charge in [0.2, 0.25) is 6.10 Å². The van der Waals surface area contributed by atoms with Crippen LogP contribution in [-0.2, 0) is 16.0 Å². The topological polar surface area (TPSA) is 50.1 Å². The van der Waals surface area contributed by atoms with E-state index in [0.29, 0.717) is 5.56 Å². The maximum Gasteiger partial charge on any atom is 0.304 e. The fraction of sp³-hybridized carbons (Fsp3) is 0.333. The van der Waals surface area contributed by atoms with Gasteiger partial charge in [0.05, 0.1) is 0 Å². The predicted molar refractivity (Wildman–Crippen MR) is 55.9 cm³/mol. The van der Waals surface area contributed by atoms with Gasteiger partial charge < -0.3 is 4.74 Å². The number of rotatable bonds is 3. The number of carbonyl (C=O) groups excluding carboxylic acids is 1. The molecule has 1 unspecified atom stereocenters. The first kappa shape index (κ1) is 11.3. The summed E-state index contributed by atoms with van der Waals surface area (Å²) in [6, 6.07) is 9.44. The van der Waals surface area contributed by atoms with Crippen LogP contribution in [0.3, 0.4) is 0 Å². The zero-order chi connectivity index (χ0) is 11.3. The van der Waals surface area contributed by atoms with E-state index in [4.69, 9.17) is 10.00 Å². The van der Waals surface area contributed by atoms with Crippen molar-refractivity contribution in [3.05, 3.63) is 35.4 Å². The Bertz CT molecular complexity index is 376. The fourth-order valence-corrected chi connectivity index (χ4v) is 1.26. The van der Waals surface area contributed by atoms with Crippen molar-refractivity contribution < 1.29 is 9.53 Å². The van der Waals surface area contributed by atoms with Crippen LogP contribution < -0.4 is 0 Å². The number of aryl methyl sites for hydroxylation is 1. The summed E-state index contributed by atoms with van der Waals surface area (Å²) in [5.41, 5.74) is 1.91. The SMILES string of the molecule is CCc1ccc(C(C#N)OC(C)=O)cc1. The second-order valence-electron chi connectivity index (χ2n) is 3.21. The lowest BCUT2D eigenvalue weighted by atomic mass is 10.1. The van der Waals surface area contributed by atoms with Gasteiger partial charge in [-0.3, -0.25) is 4.79 Å². The summed E-state index contributed by atoms with van der Waals surface area (Å²) in [6.07, 6.45) is 0.152. The Kier molecular flexibility index (Phi) is 3.87. The minimum absolute atomic E-state index is 0.443. The number of nitrogens with zero attached hydrogens (tertiary/aromatic N) is 1. The van der Waals surface area contributed by atoms with Gasteiger partial charge in [-0.25, -0.2) is 0 Å². The van der Waals surface area contributed by atoms with Crippen LogP contribution in [-0.4, -0.2) is 5.97 Å². The molecule has 0 N–H and O–H groups in total. The van der Waals surface area contributed by atoms with Crippen LogP contribution in [0.1, 0.15) is 31.1 Å². The molecule has 0 aromatic heterocycles. The lowest BCUT2D eigenvalue weighted by molar-refractivity contribution is -0.144. The molecular formula is C12H13NO2. The molecule has 78 valence electrons. The molecule has 0 saturated heterocycles. The summed E-state index contributed by atoms with van der Waals surface area (Å²) in [6.45, 7) is 3.35. The van der Waals surface area contributed by atoms with E-state index >= 15 is 0 Å². The first-order valence-electron chi connectivity index (χ1n) is 4.83. The van der Waals surface area contributed by atoms with Gasteiger partial charge >= 0.3 is 5.97 Å². The Morgan fingerprint density at radius 3 is 2.47 bits per heavy atom. The highest BCUT2D eigenvalue weighted by Gasteiger charge is 2.12. The number of nitriles is 1. The quantitative estimate of drug-likeness (QED) is 0.708. The summed E-state index contributed by atoms with van der Waals surface area (Å²) in [5, 5.41) is 8.83. The first-order valence-corrected chi connectivity index (χ1v) is 4.83. The van der Waals surface area contributed by atoms with Crippen molar-refractivity contribution in [3.8, 4) is 6.07 Å². The molecule has 1 atom stereocenters. The lowest BCUT2D eigenvalue weighted by Crippen LogP contribution is -2.06. The van der Waals surface area contributed by atoms with E-state index in [9.17, 15) is 4.79 Å². The number of hydrogen-bond acceptors (Lipinski definition) is 3. The predicted octanol–water partition coefficient (Wildman–Crippen LogP) is 2.38. The van der Waals surface area contributed by atoms with Gasteiger partial charge in [-0.05, 0) is 12.0 Å². The average molecular weight is 203 g/mol. The van der Waals surface area contributed by atoms with Gasteiger partial charge in [0.25, 0.3) is 0 Å². The van der Waals surface area contributed by atoms with Gasteiger partial charge in [-0.15, -0.1) is 0 Å². The second-order valence-corrected chi connectivity index (χ2v) is 3.21. The highest BCUT2D eigenvalue weighted by molar-refractivity contribution is 5.66. The summed E-state index contributed by atoms with van der Waals surface area (Å²) < 4.78 is 4.86. The number of carbonyl (C=O) groups is 1. The van der Waals surface area contributed by atoms with Crippen molar-refractivity contribution in [2.24, 2.45) is 0 Å². The molecule has 1 rings (SSSR count). The third kappa shape index (κ3) is 3.10. The van der Waals surface area contributed by atoms with Gasteiger partial charge in [-0.2, -0.15) is 5.26 Å². The molecule has 0 spiro atoms. The standard InChI is InChI=1S/C12H13NO2/c1-3-10-4-6-11(7-5-10)12(8-13)15-9(2)14/h4-7,12H,3H2,1-2H3. The fourth-order valence-electron chi connectivity index (χ4n) is 1.26. The molecule has 0 amide bonds. The summed E-state index contributed by atoms with van der Waals surface area (Å²) in [5.74, 6) is -0.443. The van der Waals surface area contributed by atoms with Crippen LogP contribution in [0.4, 0.5) is 0 Å². The van der Waals surface area contributed by atoms with Crippen LogP contribution >= 0.6 is 0 Å². The maximum atomic E-state index is 10.7. The summed E-state index contributed by atoms with van der Waals surface area (Å²) in [7, 11) is 0. The van der Waals surface area contributed by atoms with Crippen molar-refractivity contribution in [3.63, 3.8) is 0 Å². The highest BCUT2D eigenvalue weighted by atomic mass is 16.5. The van der Waals surface area contributed by atoms with E-state index in [0.717, 1.165) is 6.42 Å². The molecule has 0 aliphatic rings. The molecule has 0 aliphatic heterocycles. The minimum Gasteiger partial charge on any atom is -0.442 e. The largest absolute Gasteiger partial charge is 0.442 e. The molecule has 0 saturated carbocycles. The Morgan fingerprint density at radius 1 is 1.47 bits per heavy atom. The van der Waals surface area contributed by atoms with Crippen LogP contribution in [0.15, 0.2) is 24.3 Å². The van der Waals surface area contributed by atoms with Gasteiger partial charge in [0.1, 0.15) is 6.07 Å². The molecule has 3 nitrogen and oxygen atoms in total. The van der Waals surface area contributed by atoms with Crippen LogP contribution in [0, 0.1) is 11.3 Å². The van der Waals surface area contributed by atoms with Crippen LogP contribution in [0.5, 0.6) is 0 Å². The molecule has 3 heteroatoms. The monoisotopic (exact) mass is 203 g/mol. The Hall–Kier alpha value is -1.82. The van der Waals surface area contributed by atoms with Crippen molar-refractivity contribution in [2.45, 2.75) is 26.4 Å². The normalized spacial score (nSPS) is 11.5. The molecule has 1 aromatic carbocycles. The molecular weight excluding hydrogens is 190 g/mol. The van der Waals surface area contributed by atoms with Crippen molar-refractivity contribution >= 4 is 5.97 Å². The van der Waals surface area contributed by atoms with Gasteiger partial charge in [0, 0.05) is 12.5 Å². The van der Waals surface area contributed by atoms with Crippen LogP contribution in [0.25, 0.3) is 0 Å². The number of benzene rings is 1. The van der Waals surface area contributed by atoms with Crippen molar-refractivity contribution in [2.75, 3.05) is 0 Å². The molecule has 1 aromatic rings. The molecule has 15 heavy (non-hydrogen) atoms. The first-order chi connectivity index (χ1) is 7.17. The number of hydrogen-bond donors (Lipinski definition) is 0. The smallest absolute Gasteiger partial charge is 0.304 e. The van der Waals surface area contributed by atoms with E-state index in [1.165, 1.54) is 12.5 Å². The lowest BCUT2D eigenvalue weighted by Gasteiger charge is -2.09. The molecule has 0 aliphatic carbocycles. The molecule has 0 fully saturated rings. The Morgan fingerprint density at radius 2 is 2.07 bits per heavy atom. The number of esters is 1. The molecule has 0 radical (unpaired) electrons. The van der Waals surface area contributed by atoms with Gasteiger partial charge in [-0.1, -0.05) is 31.2 Å². The third-order valence-corrected chi connectivity index (χ3v) is 2.09. The molecule has 0 bridgehead atoms. The summed E-state index contributed by atoms with van der Waals surface area (Å²) >= 11 is 0. The highest BCUT2D eigenvalue weighted by Crippen LogP contribution is 2.17.